The number of hydrogen-bond donors (Lipinski definition) is 2. The molecule has 1 aromatic heterocycles. The van der Waals surface area contributed by atoms with Crippen molar-refractivity contribution in [2.45, 2.75) is 44.3 Å². The lowest BCUT2D eigenvalue weighted by Gasteiger charge is -2.41. The molecule has 3 aliphatic rings. The Labute approximate surface area is 209 Å². The van der Waals surface area contributed by atoms with Gasteiger partial charge in [0.05, 0.1) is 24.1 Å². The number of aliphatic hydroxyl groups excluding tert-OH is 1. The van der Waals surface area contributed by atoms with Gasteiger partial charge in [-0.25, -0.2) is 4.98 Å². The van der Waals surface area contributed by atoms with Gasteiger partial charge < -0.3 is 15.3 Å². The summed E-state index contributed by atoms with van der Waals surface area (Å²) in [4.78, 5) is 21.7. The number of benzene rings is 1. The van der Waals surface area contributed by atoms with Gasteiger partial charge in [0.1, 0.15) is 5.82 Å². The van der Waals surface area contributed by atoms with Crippen LogP contribution in [0.25, 0.3) is 0 Å². The highest BCUT2D eigenvalue weighted by Crippen LogP contribution is 2.33. The average molecular weight is 503 g/mol. The van der Waals surface area contributed by atoms with E-state index in [4.69, 9.17) is 4.98 Å². The molecule has 36 heavy (non-hydrogen) atoms. The van der Waals surface area contributed by atoms with E-state index in [-0.39, 0.29) is 18.4 Å². The molecule has 6 nitrogen and oxygen atoms in total. The van der Waals surface area contributed by atoms with E-state index in [1.165, 1.54) is 17.7 Å². The van der Waals surface area contributed by atoms with Crippen molar-refractivity contribution in [3.63, 3.8) is 0 Å². The van der Waals surface area contributed by atoms with Gasteiger partial charge in [0.25, 0.3) is 0 Å². The Kier molecular flexibility index (Phi) is 7.21. The molecule has 1 amide bonds. The molecule has 194 valence electrons. The van der Waals surface area contributed by atoms with Gasteiger partial charge in [-0.1, -0.05) is 18.2 Å². The van der Waals surface area contributed by atoms with Crippen molar-refractivity contribution in [2.24, 2.45) is 11.8 Å². The zero-order chi connectivity index (χ0) is 25.3. The zero-order valence-corrected chi connectivity index (χ0v) is 20.3. The SMILES string of the molecule is O=C([C@@H]1CCN(C(CO)c2ccc(C(F)(F)F)cc2)C1)N1CC(CCc2ccc3c(n2)NCCC3)C1. The van der Waals surface area contributed by atoms with Gasteiger partial charge in [0.15, 0.2) is 0 Å². The Bertz CT molecular complexity index is 1070. The highest BCUT2D eigenvalue weighted by molar-refractivity contribution is 5.80. The molecule has 2 saturated heterocycles. The molecule has 0 radical (unpaired) electrons. The van der Waals surface area contributed by atoms with Crippen molar-refractivity contribution in [2.75, 3.05) is 44.6 Å². The van der Waals surface area contributed by atoms with Crippen LogP contribution in [0, 0.1) is 11.8 Å². The van der Waals surface area contributed by atoms with Crippen LogP contribution in [0.1, 0.15) is 47.7 Å². The summed E-state index contributed by atoms with van der Waals surface area (Å²) in [5.41, 5.74) is 2.31. The van der Waals surface area contributed by atoms with Crippen LogP contribution >= 0.6 is 0 Å². The summed E-state index contributed by atoms with van der Waals surface area (Å²) in [7, 11) is 0. The predicted molar refractivity (Wildman–Crippen MR) is 130 cm³/mol. The van der Waals surface area contributed by atoms with E-state index < -0.39 is 17.8 Å². The predicted octanol–water partition coefficient (Wildman–Crippen LogP) is 3.91. The topological polar surface area (TPSA) is 68.7 Å². The fraction of sp³-hybridized carbons (Fsp3) is 0.556. The standard InChI is InChI=1S/C27H33F3N4O2/c28-27(29,30)22-7-4-19(5-8-22)24(17-35)33-13-11-21(16-33)26(36)34-14-18(15-34)3-9-23-10-6-20-2-1-12-31-25(20)32-23/h4-8,10,18,21,24,35H,1-3,9,11-17H2,(H,31,32)/t21-,24?/m1/s1. The monoisotopic (exact) mass is 502 g/mol. The number of rotatable bonds is 7. The molecular weight excluding hydrogens is 469 g/mol. The van der Waals surface area contributed by atoms with Crippen LogP contribution < -0.4 is 5.32 Å². The van der Waals surface area contributed by atoms with Crippen molar-refractivity contribution in [3.05, 3.63) is 58.8 Å². The highest BCUT2D eigenvalue weighted by Gasteiger charge is 2.39. The van der Waals surface area contributed by atoms with Gasteiger partial charge in [-0.2, -0.15) is 13.2 Å². The molecule has 0 spiro atoms. The molecule has 2 atom stereocenters. The maximum absolute atomic E-state index is 13.0. The second kappa shape index (κ2) is 10.4. The second-order valence-corrected chi connectivity index (χ2v) is 10.3. The smallest absolute Gasteiger partial charge is 0.394 e. The minimum Gasteiger partial charge on any atom is -0.394 e. The van der Waals surface area contributed by atoms with Crippen molar-refractivity contribution in [3.8, 4) is 0 Å². The molecule has 5 rings (SSSR count). The summed E-state index contributed by atoms with van der Waals surface area (Å²) in [5.74, 6) is 1.51. The number of aliphatic hydroxyl groups is 1. The normalized spacial score (nSPS) is 21.6. The average Bonchev–Trinajstić information content (AvgIpc) is 3.33. The molecule has 1 unspecified atom stereocenters. The maximum atomic E-state index is 13.0. The molecule has 0 saturated carbocycles. The fourth-order valence-corrected chi connectivity index (χ4v) is 5.65. The number of nitrogens with one attached hydrogen (secondary N) is 1. The number of aryl methyl sites for hydroxylation is 2. The number of anilines is 1. The molecule has 2 aromatic rings. The Morgan fingerprint density at radius 3 is 2.64 bits per heavy atom. The summed E-state index contributed by atoms with van der Waals surface area (Å²) in [6.45, 7) is 3.45. The minimum absolute atomic E-state index is 0.136. The fourth-order valence-electron chi connectivity index (χ4n) is 5.65. The Morgan fingerprint density at radius 2 is 1.92 bits per heavy atom. The molecular formula is C27H33F3N4O2. The Morgan fingerprint density at radius 1 is 1.14 bits per heavy atom. The van der Waals surface area contributed by atoms with Crippen molar-refractivity contribution in [1.29, 1.82) is 0 Å². The summed E-state index contributed by atoms with van der Waals surface area (Å²) in [6.07, 6.45) is 0.452. The number of hydrogen-bond acceptors (Lipinski definition) is 5. The molecule has 2 N–H and O–H groups in total. The van der Waals surface area contributed by atoms with Crippen LogP contribution in [0.4, 0.5) is 19.0 Å². The summed E-state index contributed by atoms with van der Waals surface area (Å²) in [6, 6.07) is 8.83. The van der Waals surface area contributed by atoms with Gasteiger partial charge in [-0.05, 0) is 73.9 Å². The van der Waals surface area contributed by atoms with Crippen LogP contribution in [-0.2, 0) is 23.8 Å². The van der Waals surface area contributed by atoms with E-state index in [1.807, 2.05) is 9.80 Å². The number of alkyl halides is 3. The van der Waals surface area contributed by atoms with Gasteiger partial charge >= 0.3 is 6.18 Å². The van der Waals surface area contributed by atoms with E-state index in [0.29, 0.717) is 31.0 Å². The van der Waals surface area contributed by atoms with Crippen molar-refractivity contribution in [1.82, 2.24) is 14.8 Å². The maximum Gasteiger partial charge on any atom is 0.416 e. The summed E-state index contributed by atoms with van der Waals surface area (Å²) < 4.78 is 38.6. The van der Waals surface area contributed by atoms with Gasteiger partial charge in [0.2, 0.25) is 5.91 Å². The number of pyridine rings is 1. The largest absolute Gasteiger partial charge is 0.416 e. The second-order valence-electron chi connectivity index (χ2n) is 10.3. The van der Waals surface area contributed by atoms with E-state index in [1.54, 1.807) is 0 Å². The summed E-state index contributed by atoms with van der Waals surface area (Å²) in [5, 5.41) is 13.3. The third kappa shape index (κ3) is 5.37. The molecule has 1 aromatic carbocycles. The lowest BCUT2D eigenvalue weighted by molar-refractivity contribution is -0.142. The molecule has 0 bridgehead atoms. The quantitative estimate of drug-likeness (QED) is 0.601. The number of likely N-dealkylation sites (tertiary alicyclic amines) is 2. The van der Waals surface area contributed by atoms with Gasteiger partial charge in [0, 0.05) is 31.9 Å². The van der Waals surface area contributed by atoms with E-state index in [0.717, 1.165) is 69.0 Å². The van der Waals surface area contributed by atoms with E-state index in [2.05, 4.69) is 17.4 Å². The third-order valence-electron chi connectivity index (χ3n) is 7.83. The van der Waals surface area contributed by atoms with Gasteiger partial charge in [-0.3, -0.25) is 9.69 Å². The van der Waals surface area contributed by atoms with Crippen molar-refractivity contribution < 1.29 is 23.1 Å². The number of halogens is 3. The first-order chi connectivity index (χ1) is 17.3. The molecule has 0 aliphatic carbocycles. The number of aromatic nitrogens is 1. The van der Waals surface area contributed by atoms with E-state index >= 15 is 0 Å². The third-order valence-corrected chi connectivity index (χ3v) is 7.83. The first-order valence-corrected chi connectivity index (χ1v) is 12.9. The Balaban J connectivity index is 1.09. The number of carbonyl (C=O) groups is 1. The summed E-state index contributed by atoms with van der Waals surface area (Å²) >= 11 is 0. The molecule has 4 heterocycles. The van der Waals surface area contributed by atoms with Crippen molar-refractivity contribution >= 4 is 11.7 Å². The lowest BCUT2D eigenvalue weighted by Crippen LogP contribution is -2.52. The first-order valence-electron chi connectivity index (χ1n) is 12.9. The van der Waals surface area contributed by atoms with E-state index in [9.17, 15) is 23.1 Å². The number of nitrogens with zero attached hydrogens (tertiary/aromatic N) is 3. The van der Waals surface area contributed by atoms with Crippen LogP contribution in [0.15, 0.2) is 36.4 Å². The molecule has 9 heteroatoms. The van der Waals surface area contributed by atoms with Crippen LogP contribution in [0.5, 0.6) is 0 Å². The first kappa shape index (κ1) is 25.0. The molecule has 3 aliphatic heterocycles. The number of amides is 1. The lowest BCUT2D eigenvalue weighted by atomic mass is 9.91. The zero-order valence-electron chi connectivity index (χ0n) is 20.3. The Hall–Kier alpha value is -2.65. The van der Waals surface area contributed by atoms with Gasteiger partial charge in [-0.15, -0.1) is 0 Å². The van der Waals surface area contributed by atoms with Crippen LogP contribution in [0.3, 0.4) is 0 Å². The van der Waals surface area contributed by atoms with Crippen LogP contribution in [-0.4, -0.2) is 65.1 Å². The number of fused-ring (bicyclic) bond motifs is 1. The highest BCUT2D eigenvalue weighted by atomic mass is 19.4. The minimum atomic E-state index is -4.39. The number of carbonyl (C=O) groups excluding carboxylic acids is 1. The molecule has 2 fully saturated rings. The van der Waals surface area contributed by atoms with Crippen LogP contribution in [0.2, 0.25) is 0 Å².